The van der Waals surface area contributed by atoms with Crippen molar-refractivity contribution in [3.8, 4) is 0 Å². The molecule has 1 heterocycles. The molecule has 1 saturated heterocycles. The SMILES string of the molecule is CC1CCN(C(=O)C(=O)Nc2cccc(NC(=O)Nc3cccc(C(F)(F)F)c3)c2)CC1C(=O)O. The molecule has 35 heavy (non-hydrogen) atoms. The fourth-order valence-electron chi connectivity index (χ4n) is 3.64. The molecule has 4 N–H and O–H groups in total. The van der Waals surface area contributed by atoms with Crippen LogP contribution in [0.5, 0.6) is 0 Å². The minimum Gasteiger partial charge on any atom is -0.481 e. The third kappa shape index (κ3) is 6.71. The molecule has 2 aromatic carbocycles. The van der Waals surface area contributed by atoms with E-state index in [1.54, 1.807) is 6.92 Å². The largest absolute Gasteiger partial charge is 0.481 e. The molecule has 0 bridgehead atoms. The van der Waals surface area contributed by atoms with Gasteiger partial charge in [-0.1, -0.05) is 19.1 Å². The van der Waals surface area contributed by atoms with Gasteiger partial charge in [0.1, 0.15) is 0 Å². The maximum Gasteiger partial charge on any atom is 0.416 e. The highest BCUT2D eigenvalue weighted by Crippen LogP contribution is 2.30. The first-order valence-corrected chi connectivity index (χ1v) is 10.6. The molecule has 1 aliphatic rings. The predicted octanol–water partition coefficient (Wildman–Crippen LogP) is 3.86. The van der Waals surface area contributed by atoms with Crippen LogP contribution in [-0.4, -0.2) is 46.9 Å². The van der Waals surface area contributed by atoms with Crippen LogP contribution in [0.1, 0.15) is 18.9 Å². The second-order valence-corrected chi connectivity index (χ2v) is 8.15. The Kier molecular flexibility index (Phi) is 7.62. The Morgan fingerprint density at radius 3 is 2.11 bits per heavy atom. The highest BCUT2D eigenvalue weighted by molar-refractivity contribution is 6.39. The van der Waals surface area contributed by atoms with E-state index in [1.165, 1.54) is 35.2 Å². The third-order valence-corrected chi connectivity index (χ3v) is 5.58. The van der Waals surface area contributed by atoms with Gasteiger partial charge in [0.15, 0.2) is 0 Å². The second-order valence-electron chi connectivity index (χ2n) is 8.15. The number of halogens is 3. The van der Waals surface area contributed by atoms with Gasteiger partial charge in [0.25, 0.3) is 0 Å². The number of anilines is 3. The number of alkyl halides is 3. The normalized spacial score (nSPS) is 17.9. The molecule has 2 unspecified atom stereocenters. The number of aliphatic carboxylic acids is 1. The zero-order valence-electron chi connectivity index (χ0n) is 18.6. The summed E-state index contributed by atoms with van der Waals surface area (Å²) in [6.07, 6.45) is -4.10. The number of hydrogen-bond donors (Lipinski definition) is 4. The predicted molar refractivity (Wildman–Crippen MR) is 121 cm³/mol. The van der Waals surface area contributed by atoms with E-state index in [1.807, 2.05) is 0 Å². The lowest BCUT2D eigenvalue weighted by Gasteiger charge is -2.34. The monoisotopic (exact) mass is 492 g/mol. The highest BCUT2D eigenvalue weighted by atomic mass is 19.4. The van der Waals surface area contributed by atoms with Crippen LogP contribution in [-0.2, 0) is 20.6 Å². The van der Waals surface area contributed by atoms with E-state index in [4.69, 9.17) is 0 Å². The lowest BCUT2D eigenvalue weighted by atomic mass is 9.87. The summed E-state index contributed by atoms with van der Waals surface area (Å²) in [6.45, 7) is 1.97. The number of benzene rings is 2. The highest BCUT2D eigenvalue weighted by Gasteiger charge is 2.35. The van der Waals surface area contributed by atoms with Crippen LogP contribution in [0.3, 0.4) is 0 Å². The molecule has 1 aliphatic heterocycles. The molecule has 12 heteroatoms. The van der Waals surface area contributed by atoms with Gasteiger partial charge in [0.05, 0.1) is 11.5 Å². The first-order valence-electron chi connectivity index (χ1n) is 10.6. The van der Waals surface area contributed by atoms with Crippen molar-refractivity contribution in [2.24, 2.45) is 11.8 Å². The van der Waals surface area contributed by atoms with Crippen LogP contribution in [0.4, 0.5) is 35.0 Å². The minimum absolute atomic E-state index is 0.0668. The number of amides is 4. The molecular formula is C23H23F3N4O5. The Balaban J connectivity index is 1.60. The second kappa shape index (κ2) is 10.5. The van der Waals surface area contributed by atoms with E-state index >= 15 is 0 Å². The number of carbonyl (C=O) groups excluding carboxylic acids is 3. The average molecular weight is 492 g/mol. The molecule has 0 spiro atoms. The van der Waals surface area contributed by atoms with Gasteiger partial charge < -0.3 is 26.0 Å². The first-order chi connectivity index (χ1) is 16.4. The number of nitrogens with one attached hydrogen (secondary N) is 3. The number of carbonyl (C=O) groups is 4. The molecule has 1 fully saturated rings. The maximum atomic E-state index is 12.8. The van der Waals surface area contributed by atoms with Crippen LogP contribution < -0.4 is 16.0 Å². The summed E-state index contributed by atoms with van der Waals surface area (Å²) in [7, 11) is 0. The average Bonchev–Trinajstić information content (AvgIpc) is 2.78. The quantitative estimate of drug-likeness (QED) is 0.482. The van der Waals surface area contributed by atoms with Gasteiger partial charge >= 0.3 is 30.0 Å². The Morgan fingerprint density at radius 1 is 0.943 bits per heavy atom. The summed E-state index contributed by atoms with van der Waals surface area (Å²) >= 11 is 0. The Labute approximate surface area is 198 Å². The maximum absolute atomic E-state index is 12.8. The summed E-state index contributed by atoms with van der Waals surface area (Å²) in [5.41, 5.74) is -0.594. The molecule has 9 nitrogen and oxygen atoms in total. The van der Waals surface area contributed by atoms with Gasteiger partial charge in [-0.15, -0.1) is 0 Å². The number of carboxylic acid groups (broad SMARTS) is 1. The number of hydrogen-bond acceptors (Lipinski definition) is 4. The molecule has 2 aromatic rings. The van der Waals surface area contributed by atoms with Crippen LogP contribution in [0.2, 0.25) is 0 Å². The number of likely N-dealkylation sites (tertiary alicyclic amines) is 1. The lowest BCUT2D eigenvalue weighted by Crippen LogP contribution is -2.49. The van der Waals surface area contributed by atoms with E-state index in [0.717, 1.165) is 18.2 Å². The summed E-state index contributed by atoms with van der Waals surface area (Å²) in [5, 5.41) is 16.4. The van der Waals surface area contributed by atoms with E-state index in [9.17, 15) is 37.5 Å². The minimum atomic E-state index is -4.56. The summed E-state index contributed by atoms with van der Waals surface area (Å²) in [4.78, 5) is 49.7. The van der Waals surface area contributed by atoms with E-state index in [0.29, 0.717) is 6.42 Å². The van der Waals surface area contributed by atoms with Gasteiger partial charge in [-0.2, -0.15) is 13.2 Å². The molecule has 0 radical (unpaired) electrons. The van der Waals surface area contributed by atoms with Crippen LogP contribution >= 0.6 is 0 Å². The Bertz CT molecular complexity index is 1140. The van der Waals surface area contributed by atoms with Crippen molar-refractivity contribution >= 4 is 40.9 Å². The van der Waals surface area contributed by atoms with Crippen molar-refractivity contribution in [3.63, 3.8) is 0 Å². The molecule has 3 rings (SSSR count). The topological polar surface area (TPSA) is 128 Å². The fourth-order valence-corrected chi connectivity index (χ4v) is 3.64. The number of carboxylic acids is 1. The van der Waals surface area contributed by atoms with Crippen LogP contribution in [0.15, 0.2) is 48.5 Å². The number of rotatable bonds is 4. The van der Waals surface area contributed by atoms with Crippen molar-refractivity contribution in [1.29, 1.82) is 0 Å². The third-order valence-electron chi connectivity index (χ3n) is 5.58. The van der Waals surface area contributed by atoms with Crippen molar-refractivity contribution in [2.45, 2.75) is 19.5 Å². The van der Waals surface area contributed by atoms with Gasteiger partial charge in [-0.05, 0) is 48.7 Å². The zero-order valence-corrected chi connectivity index (χ0v) is 18.6. The van der Waals surface area contributed by atoms with Crippen LogP contribution in [0.25, 0.3) is 0 Å². The van der Waals surface area contributed by atoms with Gasteiger partial charge in [-0.25, -0.2) is 4.79 Å². The molecule has 4 amide bonds. The standard InChI is InChI=1S/C23H23F3N4O5/c1-13-8-9-30(12-18(13)21(33)34)20(32)19(31)27-16-6-3-7-17(11-16)29-22(35)28-15-5-2-4-14(10-15)23(24,25)26/h2-7,10-11,13,18H,8-9,12H2,1H3,(H,27,31)(H,33,34)(H2,28,29,35). The Morgan fingerprint density at radius 2 is 1.51 bits per heavy atom. The lowest BCUT2D eigenvalue weighted by molar-refractivity contribution is -0.151. The molecular weight excluding hydrogens is 469 g/mol. The van der Waals surface area contributed by atoms with Crippen molar-refractivity contribution < 1.29 is 37.5 Å². The molecule has 0 aliphatic carbocycles. The molecule has 186 valence electrons. The Hall–Kier alpha value is -4.09. The summed E-state index contributed by atoms with van der Waals surface area (Å²) in [5.74, 6) is -3.75. The summed E-state index contributed by atoms with van der Waals surface area (Å²) < 4.78 is 38.5. The van der Waals surface area contributed by atoms with E-state index in [-0.39, 0.29) is 36.1 Å². The van der Waals surface area contributed by atoms with Gasteiger partial charge in [0.2, 0.25) is 0 Å². The molecule has 0 aromatic heterocycles. The number of urea groups is 1. The molecule has 0 saturated carbocycles. The van der Waals surface area contributed by atoms with Crippen molar-refractivity contribution in [1.82, 2.24) is 4.90 Å². The fraction of sp³-hybridized carbons (Fsp3) is 0.304. The van der Waals surface area contributed by atoms with Gasteiger partial charge in [-0.3, -0.25) is 14.4 Å². The van der Waals surface area contributed by atoms with Gasteiger partial charge in [0, 0.05) is 30.2 Å². The van der Waals surface area contributed by atoms with Crippen molar-refractivity contribution in [2.75, 3.05) is 29.0 Å². The number of piperidine rings is 1. The van der Waals surface area contributed by atoms with Crippen LogP contribution in [0, 0.1) is 11.8 Å². The smallest absolute Gasteiger partial charge is 0.416 e. The zero-order chi connectivity index (χ0) is 25.8. The van der Waals surface area contributed by atoms with E-state index < -0.39 is 41.5 Å². The van der Waals surface area contributed by atoms with Crippen molar-refractivity contribution in [3.05, 3.63) is 54.1 Å². The van der Waals surface area contributed by atoms with E-state index in [2.05, 4.69) is 16.0 Å². The summed E-state index contributed by atoms with van der Waals surface area (Å²) in [6, 6.07) is 9.11. The molecule has 2 atom stereocenters. The number of nitrogens with zero attached hydrogens (tertiary/aromatic N) is 1. The first kappa shape index (κ1) is 25.5.